The normalized spacial score (nSPS) is 16.0. The van der Waals surface area contributed by atoms with Gasteiger partial charge in [0.05, 0.1) is 6.54 Å². The molecule has 1 amide bonds. The molecular formula is C14H18N2O2. The summed E-state index contributed by atoms with van der Waals surface area (Å²) in [5, 5.41) is 0. The molecule has 0 aromatic heterocycles. The highest BCUT2D eigenvalue weighted by Gasteiger charge is 2.21. The standard InChI is InChI=1S/C14H18N2O2/c1-3-13(17)11-4-6-12(7-5-11)16-9-8-15(2)14(18)10-16/h4-7H,3,8-10H2,1-2H3. The number of rotatable bonds is 3. The molecule has 18 heavy (non-hydrogen) atoms. The van der Waals surface area contributed by atoms with Crippen LogP contribution in [0.3, 0.4) is 0 Å². The predicted octanol–water partition coefficient (Wildman–Crippen LogP) is 1.56. The minimum absolute atomic E-state index is 0.134. The molecule has 2 rings (SSSR count). The number of carbonyl (C=O) groups excluding carboxylic acids is 2. The fourth-order valence-corrected chi connectivity index (χ4v) is 2.04. The van der Waals surface area contributed by atoms with Gasteiger partial charge < -0.3 is 9.80 Å². The molecule has 1 saturated heterocycles. The third-order valence-corrected chi connectivity index (χ3v) is 3.33. The van der Waals surface area contributed by atoms with Crippen molar-refractivity contribution >= 4 is 17.4 Å². The summed E-state index contributed by atoms with van der Waals surface area (Å²) in [4.78, 5) is 26.9. The Morgan fingerprint density at radius 1 is 1.22 bits per heavy atom. The molecule has 1 aromatic rings. The van der Waals surface area contributed by atoms with Gasteiger partial charge in [-0.15, -0.1) is 0 Å². The van der Waals surface area contributed by atoms with Crippen molar-refractivity contribution in [3.8, 4) is 0 Å². The number of likely N-dealkylation sites (N-methyl/N-ethyl adjacent to an activating group) is 1. The van der Waals surface area contributed by atoms with Gasteiger partial charge in [0.2, 0.25) is 5.91 Å². The Morgan fingerprint density at radius 3 is 2.44 bits per heavy atom. The van der Waals surface area contributed by atoms with Crippen molar-refractivity contribution < 1.29 is 9.59 Å². The SMILES string of the molecule is CCC(=O)c1ccc(N2CCN(C)C(=O)C2)cc1. The van der Waals surface area contributed by atoms with Crippen molar-refractivity contribution in [2.75, 3.05) is 31.6 Å². The van der Waals surface area contributed by atoms with E-state index in [-0.39, 0.29) is 11.7 Å². The summed E-state index contributed by atoms with van der Waals surface area (Å²) in [6.45, 7) is 3.85. The summed E-state index contributed by atoms with van der Waals surface area (Å²) < 4.78 is 0. The molecular weight excluding hydrogens is 228 g/mol. The van der Waals surface area contributed by atoms with E-state index in [9.17, 15) is 9.59 Å². The summed E-state index contributed by atoms with van der Waals surface area (Å²) in [7, 11) is 1.82. The first-order valence-corrected chi connectivity index (χ1v) is 6.24. The van der Waals surface area contributed by atoms with Gasteiger partial charge in [0.1, 0.15) is 0 Å². The van der Waals surface area contributed by atoms with Crippen LogP contribution in [0.1, 0.15) is 23.7 Å². The van der Waals surface area contributed by atoms with Crippen molar-refractivity contribution in [1.29, 1.82) is 0 Å². The number of piperazine rings is 1. The Kier molecular flexibility index (Phi) is 3.65. The van der Waals surface area contributed by atoms with Crippen LogP contribution in [-0.2, 0) is 4.79 Å². The molecule has 1 fully saturated rings. The number of Topliss-reactive ketones (excluding diaryl/α,β-unsaturated/α-hetero) is 1. The van der Waals surface area contributed by atoms with Crippen molar-refractivity contribution in [1.82, 2.24) is 4.90 Å². The fraction of sp³-hybridized carbons (Fsp3) is 0.429. The zero-order valence-electron chi connectivity index (χ0n) is 10.8. The summed E-state index contributed by atoms with van der Waals surface area (Å²) in [5.74, 6) is 0.283. The van der Waals surface area contributed by atoms with Crippen molar-refractivity contribution in [2.24, 2.45) is 0 Å². The quantitative estimate of drug-likeness (QED) is 0.760. The summed E-state index contributed by atoms with van der Waals surface area (Å²) in [6.07, 6.45) is 0.520. The maximum absolute atomic E-state index is 11.6. The minimum atomic E-state index is 0.134. The van der Waals surface area contributed by atoms with Crippen LogP contribution in [0.2, 0.25) is 0 Å². The Balaban J connectivity index is 2.10. The topological polar surface area (TPSA) is 40.6 Å². The number of hydrogen-bond donors (Lipinski definition) is 0. The van der Waals surface area contributed by atoms with Gasteiger partial charge in [0, 0.05) is 37.8 Å². The molecule has 1 aromatic carbocycles. The summed E-state index contributed by atoms with van der Waals surface area (Å²) >= 11 is 0. The van der Waals surface area contributed by atoms with E-state index < -0.39 is 0 Å². The number of benzene rings is 1. The Bertz CT molecular complexity index is 453. The second kappa shape index (κ2) is 5.21. The van der Waals surface area contributed by atoms with Crippen LogP contribution in [0.4, 0.5) is 5.69 Å². The molecule has 0 bridgehead atoms. The number of hydrogen-bond acceptors (Lipinski definition) is 3. The van der Waals surface area contributed by atoms with E-state index in [1.165, 1.54) is 0 Å². The average molecular weight is 246 g/mol. The molecule has 96 valence electrons. The van der Waals surface area contributed by atoms with Gasteiger partial charge in [-0.1, -0.05) is 6.92 Å². The Hall–Kier alpha value is -1.84. The highest BCUT2D eigenvalue weighted by Crippen LogP contribution is 2.18. The van der Waals surface area contributed by atoms with Crippen LogP contribution in [0.25, 0.3) is 0 Å². The van der Waals surface area contributed by atoms with Crippen LogP contribution < -0.4 is 4.90 Å². The van der Waals surface area contributed by atoms with E-state index in [0.29, 0.717) is 13.0 Å². The van der Waals surface area contributed by atoms with Crippen molar-refractivity contribution in [3.63, 3.8) is 0 Å². The molecule has 4 nitrogen and oxygen atoms in total. The van der Waals surface area contributed by atoms with Gasteiger partial charge in [-0.25, -0.2) is 0 Å². The molecule has 0 atom stereocenters. The maximum atomic E-state index is 11.6. The number of nitrogens with zero attached hydrogens (tertiary/aromatic N) is 2. The highest BCUT2D eigenvalue weighted by atomic mass is 16.2. The molecule has 0 saturated carbocycles. The second-order valence-electron chi connectivity index (χ2n) is 4.56. The molecule has 1 heterocycles. The number of anilines is 1. The molecule has 4 heteroatoms. The lowest BCUT2D eigenvalue weighted by atomic mass is 10.1. The largest absolute Gasteiger partial charge is 0.360 e. The van der Waals surface area contributed by atoms with Gasteiger partial charge in [0.15, 0.2) is 5.78 Å². The lowest BCUT2D eigenvalue weighted by Crippen LogP contribution is -2.48. The molecule has 0 aliphatic carbocycles. The van der Waals surface area contributed by atoms with Gasteiger partial charge in [-0.2, -0.15) is 0 Å². The lowest BCUT2D eigenvalue weighted by Gasteiger charge is -2.33. The van der Waals surface area contributed by atoms with E-state index in [4.69, 9.17) is 0 Å². The van der Waals surface area contributed by atoms with Gasteiger partial charge in [0.25, 0.3) is 0 Å². The zero-order chi connectivity index (χ0) is 13.1. The van der Waals surface area contributed by atoms with Crippen molar-refractivity contribution in [2.45, 2.75) is 13.3 Å². The van der Waals surface area contributed by atoms with E-state index in [1.54, 1.807) is 4.90 Å². The van der Waals surface area contributed by atoms with Crippen LogP contribution >= 0.6 is 0 Å². The summed E-state index contributed by atoms with van der Waals surface area (Å²) in [5.41, 5.74) is 1.74. The first kappa shape index (κ1) is 12.6. The van der Waals surface area contributed by atoms with Crippen LogP contribution in [0, 0.1) is 0 Å². The first-order valence-electron chi connectivity index (χ1n) is 6.24. The maximum Gasteiger partial charge on any atom is 0.241 e. The molecule has 0 unspecified atom stereocenters. The van der Waals surface area contributed by atoms with Gasteiger partial charge in [-0.3, -0.25) is 9.59 Å². The molecule has 1 aliphatic heterocycles. The Labute approximate surface area is 107 Å². The van der Waals surface area contributed by atoms with E-state index in [2.05, 4.69) is 0 Å². The van der Waals surface area contributed by atoms with E-state index in [0.717, 1.165) is 24.3 Å². The third-order valence-electron chi connectivity index (χ3n) is 3.33. The van der Waals surface area contributed by atoms with Crippen molar-refractivity contribution in [3.05, 3.63) is 29.8 Å². The average Bonchev–Trinajstić information content (AvgIpc) is 2.41. The molecule has 0 radical (unpaired) electrons. The van der Waals surface area contributed by atoms with Gasteiger partial charge >= 0.3 is 0 Å². The van der Waals surface area contributed by atoms with Crippen LogP contribution in [0.5, 0.6) is 0 Å². The lowest BCUT2D eigenvalue weighted by molar-refractivity contribution is -0.129. The van der Waals surface area contributed by atoms with Gasteiger partial charge in [-0.05, 0) is 24.3 Å². The molecule has 1 aliphatic rings. The second-order valence-corrected chi connectivity index (χ2v) is 4.56. The smallest absolute Gasteiger partial charge is 0.241 e. The van der Waals surface area contributed by atoms with E-state index in [1.807, 2.05) is 43.1 Å². The van der Waals surface area contributed by atoms with Crippen LogP contribution in [0.15, 0.2) is 24.3 Å². The Morgan fingerprint density at radius 2 is 1.89 bits per heavy atom. The summed E-state index contributed by atoms with van der Waals surface area (Å²) in [6, 6.07) is 7.51. The number of carbonyl (C=O) groups is 2. The van der Waals surface area contributed by atoms with E-state index >= 15 is 0 Å². The number of ketones is 1. The predicted molar refractivity (Wildman–Crippen MR) is 70.9 cm³/mol. The molecule has 0 N–H and O–H groups in total. The minimum Gasteiger partial charge on any atom is -0.360 e. The monoisotopic (exact) mass is 246 g/mol. The zero-order valence-corrected chi connectivity index (χ0v) is 10.8. The fourth-order valence-electron chi connectivity index (χ4n) is 2.04. The molecule has 0 spiro atoms. The highest BCUT2D eigenvalue weighted by molar-refractivity contribution is 5.96. The van der Waals surface area contributed by atoms with Crippen LogP contribution in [-0.4, -0.2) is 43.3 Å². The third kappa shape index (κ3) is 2.53. The number of amides is 1. The first-order chi connectivity index (χ1) is 8.61.